The summed E-state index contributed by atoms with van der Waals surface area (Å²) in [4.78, 5) is 22.7. The van der Waals surface area contributed by atoms with Crippen molar-refractivity contribution in [2.24, 2.45) is 0 Å². The van der Waals surface area contributed by atoms with Gasteiger partial charge >= 0.3 is 5.97 Å². The second-order valence-electron chi connectivity index (χ2n) is 4.42. The van der Waals surface area contributed by atoms with Crippen LogP contribution in [-0.2, 0) is 11.2 Å². The number of carboxylic acids is 1. The fraction of sp³-hybridized carbons (Fsp3) is 0.286. The van der Waals surface area contributed by atoms with E-state index in [1.807, 2.05) is 19.9 Å². The molecule has 0 aliphatic carbocycles. The molecule has 0 unspecified atom stereocenters. The van der Waals surface area contributed by atoms with E-state index in [0.29, 0.717) is 16.5 Å². The standard InChI is InChI=1S/C14H14O4/c1-8-5-11-12(6-9(8)2)18-7-10(14(11)17)3-4-13(15)16/h5-7H,3-4H2,1-2H3,(H,15,16). The zero-order chi connectivity index (χ0) is 13.3. The minimum atomic E-state index is -0.922. The Morgan fingerprint density at radius 3 is 2.61 bits per heavy atom. The average Bonchev–Trinajstić information content (AvgIpc) is 2.31. The van der Waals surface area contributed by atoms with Crippen molar-refractivity contribution in [2.45, 2.75) is 26.7 Å². The maximum absolute atomic E-state index is 12.2. The van der Waals surface area contributed by atoms with Gasteiger partial charge in [0.1, 0.15) is 5.58 Å². The molecule has 0 saturated heterocycles. The first-order chi connectivity index (χ1) is 8.49. The maximum Gasteiger partial charge on any atom is 0.303 e. The largest absolute Gasteiger partial charge is 0.481 e. The van der Waals surface area contributed by atoms with Gasteiger partial charge in [-0.3, -0.25) is 9.59 Å². The maximum atomic E-state index is 12.2. The lowest BCUT2D eigenvalue weighted by molar-refractivity contribution is -0.136. The molecule has 18 heavy (non-hydrogen) atoms. The molecule has 0 fully saturated rings. The summed E-state index contributed by atoms with van der Waals surface area (Å²) in [6.45, 7) is 3.88. The first-order valence-electron chi connectivity index (χ1n) is 5.72. The molecule has 1 heterocycles. The predicted molar refractivity (Wildman–Crippen MR) is 67.9 cm³/mol. The van der Waals surface area contributed by atoms with Gasteiger partial charge in [-0.2, -0.15) is 0 Å². The van der Waals surface area contributed by atoms with Crippen molar-refractivity contribution in [3.8, 4) is 0 Å². The number of benzene rings is 1. The molecule has 4 nitrogen and oxygen atoms in total. The highest BCUT2D eigenvalue weighted by molar-refractivity contribution is 5.78. The van der Waals surface area contributed by atoms with Crippen LogP contribution >= 0.6 is 0 Å². The topological polar surface area (TPSA) is 67.5 Å². The van der Waals surface area contributed by atoms with Gasteiger partial charge in [-0.1, -0.05) is 0 Å². The van der Waals surface area contributed by atoms with Crippen molar-refractivity contribution in [2.75, 3.05) is 0 Å². The molecular weight excluding hydrogens is 232 g/mol. The first-order valence-corrected chi connectivity index (χ1v) is 5.72. The van der Waals surface area contributed by atoms with Crippen LogP contribution < -0.4 is 5.43 Å². The van der Waals surface area contributed by atoms with Crippen LogP contribution in [0.5, 0.6) is 0 Å². The molecule has 94 valence electrons. The smallest absolute Gasteiger partial charge is 0.303 e. The molecule has 0 aliphatic rings. The summed E-state index contributed by atoms with van der Waals surface area (Å²) in [5, 5.41) is 9.14. The highest BCUT2D eigenvalue weighted by Gasteiger charge is 2.09. The number of aryl methyl sites for hydroxylation is 3. The van der Waals surface area contributed by atoms with E-state index in [1.54, 1.807) is 6.07 Å². The molecule has 0 spiro atoms. The van der Waals surface area contributed by atoms with Crippen molar-refractivity contribution in [3.63, 3.8) is 0 Å². The summed E-state index contributed by atoms with van der Waals surface area (Å²) in [5.41, 5.74) is 2.89. The van der Waals surface area contributed by atoms with E-state index in [0.717, 1.165) is 11.1 Å². The molecule has 0 radical (unpaired) electrons. The molecule has 0 aliphatic heterocycles. The molecule has 0 bridgehead atoms. The lowest BCUT2D eigenvalue weighted by atomic mass is 10.0. The predicted octanol–water partition coefficient (Wildman–Crippen LogP) is 2.43. The molecule has 4 heteroatoms. The number of rotatable bonds is 3. The zero-order valence-corrected chi connectivity index (χ0v) is 10.3. The van der Waals surface area contributed by atoms with Crippen LogP contribution in [0, 0.1) is 13.8 Å². The van der Waals surface area contributed by atoms with Crippen LogP contribution in [0.2, 0.25) is 0 Å². The summed E-state index contributed by atoms with van der Waals surface area (Å²) in [6, 6.07) is 3.62. The van der Waals surface area contributed by atoms with Crippen molar-refractivity contribution >= 4 is 16.9 Å². The fourth-order valence-electron chi connectivity index (χ4n) is 1.84. The number of aliphatic carboxylic acids is 1. The number of fused-ring (bicyclic) bond motifs is 1. The molecule has 1 aromatic carbocycles. The highest BCUT2D eigenvalue weighted by atomic mass is 16.4. The van der Waals surface area contributed by atoms with Crippen LogP contribution in [0.3, 0.4) is 0 Å². The van der Waals surface area contributed by atoms with Crippen molar-refractivity contribution in [1.29, 1.82) is 0 Å². The van der Waals surface area contributed by atoms with Gasteiger partial charge in [0.2, 0.25) is 0 Å². The van der Waals surface area contributed by atoms with Crippen LogP contribution in [0.1, 0.15) is 23.1 Å². The Labute approximate surface area is 104 Å². The van der Waals surface area contributed by atoms with E-state index in [-0.39, 0.29) is 18.3 Å². The molecule has 0 atom stereocenters. The number of carboxylic acid groups (broad SMARTS) is 1. The fourth-order valence-corrected chi connectivity index (χ4v) is 1.84. The van der Waals surface area contributed by atoms with Gasteiger partial charge in [-0.25, -0.2) is 0 Å². The molecule has 1 aromatic heterocycles. The summed E-state index contributed by atoms with van der Waals surface area (Å²) in [5.74, 6) is -0.922. The number of carbonyl (C=O) groups is 1. The number of hydrogen-bond donors (Lipinski definition) is 1. The normalized spacial score (nSPS) is 10.8. The Kier molecular flexibility index (Phi) is 3.19. The van der Waals surface area contributed by atoms with Crippen LogP contribution in [0.25, 0.3) is 11.0 Å². The highest BCUT2D eigenvalue weighted by Crippen LogP contribution is 2.17. The summed E-state index contributed by atoms with van der Waals surface area (Å²) >= 11 is 0. The van der Waals surface area contributed by atoms with Crippen molar-refractivity contribution < 1.29 is 14.3 Å². The number of hydrogen-bond acceptors (Lipinski definition) is 3. The van der Waals surface area contributed by atoms with E-state index in [9.17, 15) is 9.59 Å². The minimum absolute atomic E-state index is 0.0683. The van der Waals surface area contributed by atoms with Gasteiger partial charge in [0.05, 0.1) is 11.6 Å². The van der Waals surface area contributed by atoms with Crippen LogP contribution in [0.15, 0.2) is 27.6 Å². The van der Waals surface area contributed by atoms with Gasteiger partial charge in [-0.05, 0) is 43.5 Å². The molecule has 0 saturated carbocycles. The van der Waals surface area contributed by atoms with Crippen molar-refractivity contribution in [1.82, 2.24) is 0 Å². The minimum Gasteiger partial charge on any atom is -0.481 e. The second kappa shape index (κ2) is 4.64. The Bertz CT molecular complexity index is 667. The monoisotopic (exact) mass is 246 g/mol. The average molecular weight is 246 g/mol. The summed E-state index contributed by atoms with van der Waals surface area (Å²) in [6.07, 6.45) is 1.49. The summed E-state index contributed by atoms with van der Waals surface area (Å²) < 4.78 is 5.40. The lowest BCUT2D eigenvalue weighted by Crippen LogP contribution is -2.11. The van der Waals surface area contributed by atoms with Gasteiger partial charge in [0.15, 0.2) is 5.43 Å². The molecular formula is C14H14O4. The third-order valence-electron chi connectivity index (χ3n) is 3.07. The Morgan fingerprint density at radius 2 is 1.94 bits per heavy atom. The van der Waals surface area contributed by atoms with E-state index in [4.69, 9.17) is 9.52 Å². The second-order valence-corrected chi connectivity index (χ2v) is 4.42. The van der Waals surface area contributed by atoms with Gasteiger partial charge < -0.3 is 9.52 Å². The third kappa shape index (κ3) is 2.27. The molecule has 1 N–H and O–H groups in total. The van der Waals surface area contributed by atoms with E-state index >= 15 is 0 Å². The quantitative estimate of drug-likeness (QED) is 0.903. The Hall–Kier alpha value is -2.10. The van der Waals surface area contributed by atoms with Gasteiger partial charge in [-0.15, -0.1) is 0 Å². The van der Waals surface area contributed by atoms with E-state index in [2.05, 4.69) is 0 Å². The first kappa shape index (κ1) is 12.4. The van der Waals surface area contributed by atoms with Gasteiger partial charge in [0.25, 0.3) is 0 Å². The zero-order valence-electron chi connectivity index (χ0n) is 10.3. The van der Waals surface area contributed by atoms with E-state index in [1.165, 1.54) is 6.26 Å². The lowest BCUT2D eigenvalue weighted by Gasteiger charge is -2.04. The Morgan fingerprint density at radius 1 is 1.28 bits per heavy atom. The SMILES string of the molecule is Cc1cc2occ(CCC(=O)O)c(=O)c2cc1C. The molecule has 0 amide bonds. The van der Waals surface area contributed by atoms with E-state index < -0.39 is 5.97 Å². The Balaban J connectivity index is 2.53. The third-order valence-corrected chi connectivity index (χ3v) is 3.07. The van der Waals surface area contributed by atoms with Gasteiger partial charge in [0, 0.05) is 12.0 Å². The molecule has 2 rings (SSSR count). The molecule has 2 aromatic rings. The van der Waals surface area contributed by atoms with Crippen LogP contribution in [0.4, 0.5) is 0 Å². The van der Waals surface area contributed by atoms with Crippen LogP contribution in [-0.4, -0.2) is 11.1 Å². The summed E-state index contributed by atoms with van der Waals surface area (Å²) in [7, 11) is 0. The van der Waals surface area contributed by atoms with Crippen molar-refractivity contribution in [3.05, 3.63) is 45.3 Å².